The van der Waals surface area contributed by atoms with E-state index in [1.165, 1.54) is 68.1 Å². The Morgan fingerprint density at radius 1 is 0.780 bits per heavy atom. The largest absolute Gasteiger partial charge is 0.413 e. The molecule has 4 heteroatoms. The molecule has 0 aromatic carbocycles. The van der Waals surface area contributed by atoms with Crippen LogP contribution in [-0.4, -0.2) is 28.8 Å². The van der Waals surface area contributed by atoms with E-state index in [-0.39, 0.29) is 12.2 Å². The van der Waals surface area contributed by atoms with Gasteiger partial charge in [-0.25, -0.2) is 0 Å². The van der Waals surface area contributed by atoms with Crippen molar-refractivity contribution in [1.82, 2.24) is 0 Å². The molecule has 0 aromatic rings. The molecule has 3 rings (SSSR count). The van der Waals surface area contributed by atoms with Crippen LogP contribution in [0.3, 0.4) is 0 Å². The van der Waals surface area contributed by atoms with Gasteiger partial charge < -0.3 is 8.85 Å². The highest BCUT2D eigenvalue weighted by molar-refractivity contribution is 6.78. The van der Waals surface area contributed by atoms with Crippen molar-refractivity contribution in [3.8, 4) is 0 Å². The summed E-state index contributed by atoms with van der Waals surface area (Å²) in [4.78, 5) is 0. The maximum Gasteiger partial charge on any atom is 0.201 e. The summed E-state index contributed by atoms with van der Waals surface area (Å²) in [6, 6.07) is 0. The highest BCUT2D eigenvalue weighted by atomic mass is 28.4. The van der Waals surface area contributed by atoms with E-state index >= 15 is 0 Å². The average molecular weight is 727 g/mol. The van der Waals surface area contributed by atoms with Gasteiger partial charge in [-0.1, -0.05) is 148 Å². The van der Waals surface area contributed by atoms with Crippen LogP contribution < -0.4 is 0 Å². The van der Waals surface area contributed by atoms with Crippen molar-refractivity contribution >= 4 is 16.6 Å². The van der Waals surface area contributed by atoms with Gasteiger partial charge in [-0.2, -0.15) is 0 Å². The van der Waals surface area contributed by atoms with Crippen LogP contribution in [0.4, 0.5) is 0 Å². The second kappa shape index (κ2) is 17.8. The Bertz CT molecular complexity index is 1130. The fraction of sp³-hybridized carbons (Fsp3) is 0.870. The predicted molar refractivity (Wildman–Crippen MR) is 227 cm³/mol. The van der Waals surface area contributed by atoms with Crippen LogP contribution in [0.2, 0.25) is 33.2 Å². The van der Waals surface area contributed by atoms with Gasteiger partial charge in [0.2, 0.25) is 16.6 Å². The van der Waals surface area contributed by atoms with Gasteiger partial charge in [-0.3, -0.25) is 0 Å². The lowest BCUT2D eigenvalue weighted by atomic mass is 9.60. The van der Waals surface area contributed by atoms with E-state index in [4.69, 9.17) is 15.4 Å². The molecule has 0 saturated heterocycles. The van der Waals surface area contributed by atoms with E-state index in [1.807, 2.05) is 0 Å². The molecule has 0 heterocycles. The van der Waals surface area contributed by atoms with Crippen LogP contribution in [0.1, 0.15) is 182 Å². The third kappa shape index (κ3) is 8.92. The highest BCUT2D eigenvalue weighted by Gasteiger charge is 2.52. The van der Waals surface area contributed by atoms with Crippen LogP contribution in [-0.2, 0) is 8.85 Å². The molecule has 0 unspecified atom stereocenters. The molecular formula is C46H86O2Si2. The molecule has 0 amide bonds. The van der Waals surface area contributed by atoms with Gasteiger partial charge >= 0.3 is 0 Å². The van der Waals surface area contributed by atoms with Crippen molar-refractivity contribution in [3.63, 3.8) is 0 Å². The van der Waals surface area contributed by atoms with Crippen molar-refractivity contribution in [2.24, 2.45) is 29.1 Å². The molecule has 0 aliphatic heterocycles. The molecule has 3 aliphatic rings. The van der Waals surface area contributed by atoms with E-state index < -0.39 is 16.6 Å². The van der Waals surface area contributed by atoms with Gasteiger partial charge in [0.05, 0.1) is 12.2 Å². The third-order valence-electron chi connectivity index (χ3n) is 14.9. The van der Waals surface area contributed by atoms with Crippen molar-refractivity contribution in [2.45, 2.75) is 227 Å². The maximum absolute atomic E-state index is 7.66. The third-order valence-corrected chi connectivity index (χ3v) is 27.1. The van der Waals surface area contributed by atoms with Crippen molar-refractivity contribution in [1.29, 1.82) is 0 Å². The van der Waals surface area contributed by atoms with E-state index in [0.29, 0.717) is 38.7 Å². The maximum atomic E-state index is 7.66. The number of rotatable bonds is 16. The Morgan fingerprint density at radius 3 is 1.80 bits per heavy atom. The Hall–Kier alpha value is -0.426. The molecule has 6 atom stereocenters. The first kappa shape index (κ1) is 44.0. The second-order valence-corrected chi connectivity index (χ2v) is 31.0. The summed E-state index contributed by atoms with van der Waals surface area (Å²) in [6.07, 6.45) is 15.8. The zero-order valence-corrected chi connectivity index (χ0v) is 38.6. The summed E-state index contributed by atoms with van der Waals surface area (Å²) in [5, 5.41) is 0. The summed E-state index contributed by atoms with van der Waals surface area (Å²) in [7, 11) is -4.19. The highest BCUT2D eigenvalue weighted by Crippen LogP contribution is 2.60. The Balaban J connectivity index is 2.06. The summed E-state index contributed by atoms with van der Waals surface area (Å²) >= 11 is 0. The van der Waals surface area contributed by atoms with Gasteiger partial charge in [-0.15, -0.1) is 0 Å². The Kier molecular flexibility index (Phi) is 15.7. The average Bonchev–Trinajstić information content (AvgIpc) is 3.36. The first-order chi connectivity index (χ1) is 23.2. The van der Waals surface area contributed by atoms with Gasteiger partial charge in [0, 0.05) is 6.42 Å². The van der Waals surface area contributed by atoms with Crippen molar-refractivity contribution in [2.75, 3.05) is 0 Å². The lowest BCUT2D eigenvalue weighted by Gasteiger charge is -2.50. The molecule has 3 fully saturated rings. The van der Waals surface area contributed by atoms with E-state index in [0.717, 1.165) is 36.5 Å². The van der Waals surface area contributed by atoms with Gasteiger partial charge in [0.1, 0.15) is 0 Å². The van der Waals surface area contributed by atoms with Gasteiger partial charge in [0.25, 0.3) is 0 Å². The van der Waals surface area contributed by atoms with Crippen molar-refractivity contribution in [3.05, 3.63) is 34.9 Å². The standard InChI is InChI=1S/C46H86O2Si2/c1-30(2)21-19-22-37(15)43-24-25-44-40(23-20-26-46(43,44)18)27-38(16)42-28-41(47-49(31(3)4,32(5)6)33(7)8)29-45(39(42)17)48-50(34(9)10,35(11)12)36(13)14/h27,30-37,41,43-45H,17,19-26,28-29H2,1-16,18H3/b40-27+,42-38-/t37-,41-,43-,44+,45+,46-/m1/s1. The first-order valence-corrected chi connectivity index (χ1v) is 25.9. The van der Waals surface area contributed by atoms with E-state index in [2.05, 4.69) is 124 Å². The van der Waals surface area contributed by atoms with Gasteiger partial charge in [0.15, 0.2) is 0 Å². The van der Waals surface area contributed by atoms with Crippen LogP contribution >= 0.6 is 0 Å². The first-order valence-electron chi connectivity index (χ1n) is 21.6. The lowest BCUT2D eigenvalue weighted by Crippen LogP contribution is -2.54. The molecule has 3 saturated carbocycles. The number of hydrogen-bond acceptors (Lipinski definition) is 2. The molecule has 290 valence electrons. The summed E-state index contributed by atoms with van der Waals surface area (Å²) in [5.74, 6) is 3.24. The minimum absolute atomic E-state index is 0.0355. The number of fused-ring (bicyclic) bond motifs is 1. The van der Waals surface area contributed by atoms with Crippen LogP contribution in [0.25, 0.3) is 0 Å². The van der Waals surface area contributed by atoms with Crippen molar-refractivity contribution < 1.29 is 8.85 Å². The van der Waals surface area contributed by atoms with E-state index in [9.17, 15) is 0 Å². The molecule has 0 bridgehead atoms. The monoisotopic (exact) mass is 727 g/mol. The minimum atomic E-state index is -2.12. The SMILES string of the molecule is C=C1/C(=C(C)\C=C2/CCC[C@]3(C)[C@@H]([C@H](C)CCCC(C)C)CC[C@@H]23)C[C@@H](O[Si](C(C)C)(C(C)C)C(C)C)C[C@@H]1O[Si](C(C)C)(C(C)C)C(C)C. The quantitative estimate of drug-likeness (QED) is 0.147. The molecule has 2 nitrogen and oxygen atoms in total. The summed E-state index contributed by atoms with van der Waals surface area (Å²) < 4.78 is 15.3. The summed E-state index contributed by atoms with van der Waals surface area (Å²) in [6.45, 7) is 46.5. The smallest absolute Gasteiger partial charge is 0.201 e. The second-order valence-electron chi connectivity index (χ2n) is 20.2. The molecule has 50 heavy (non-hydrogen) atoms. The fourth-order valence-corrected chi connectivity index (χ4v) is 23.7. The predicted octanol–water partition coefficient (Wildman–Crippen LogP) is 15.4. The van der Waals surface area contributed by atoms with Gasteiger partial charge in [-0.05, 0) is 125 Å². The van der Waals surface area contributed by atoms with Crippen LogP contribution in [0, 0.1) is 29.1 Å². The molecule has 0 spiro atoms. The van der Waals surface area contributed by atoms with Crippen LogP contribution in [0.5, 0.6) is 0 Å². The molecule has 0 N–H and O–H groups in total. The topological polar surface area (TPSA) is 18.5 Å². The Morgan fingerprint density at radius 2 is 1.30 bits per heavy atom. The molecular weight excluding hydrogens is 641 g/mol. The van der Waals surface area contributed by atoms with Crippen LogP contribution in [0.15, 0.2) is 34.9 Å². The molecule has 0 aromatic heterocycles. The molecule has 0 radical (unpaired) electrons. The molecule has 3 aliphatic carbocycles. The normalized spacial score (nSPS) is 29.5. The Labute approximate surface area is 315 Å². The van der Waals surface area contributed by atoms with E-state index in [1.54, 1.807) is 5.57 Å². The fourth-order valence-electron chi connectivity index (χ4n) is 12.6. The number of hydrogen-bond donors (Lipinski definition) is 0. The number of allylic oxidation sites excluding steroid dienone is 3. The zero-order valence-electron chi connectivity index (χ0n) is 36.6. The zero-order chi connectivity index (χ0) is 37.9. The lowest BCUT2D eigenvalue weighted by molar-refractivity contribution is 0.0906. The minimum Gasteiger partial charge on any atom is -0.413 e. The summed E-state index contributed by atoms with van der Waals surface area (Å²) in [5.41, 5.74) is 9.68.